The number of pyridine rings is 1. The van der Waals surface area contributed by atoms with E-state index in [9.17, 15) is 18.4 Å². The molecule has 7 heteroatoms. The van der Waals surface area contributed by atoms with Crippen molar-refractivity contribution >= 4 is 17.4 Å². The highest BCUT2D eigenvalue weighted by Crippen LogP contribution is 2.26. The molecular weight excluding hydrogens is 412 g/mol. The number of ketones is 1. The zero-order chi connectivity index (χ0) is 23.1. The van der Waals surface area contributed by atoms with Crippen LogP contribution < -0.4 is 10.6 Å². The number of Topliss-reactive ketones (excluding diaryl/α,β-unsaturated/α-hetero) is 1. The molecular formula is C25H25F2N3O2. The third-order valence-corrected chi connectivity index (χ3v) is 5.03. The Labute approximate surface area is 185 Å². The molecule has 0 aliphatic heterocycles. The topological polar surface area (TPSA) is 71.1 Å². The summed E-state index contributed by atoms with van der Waals surface area (Å²) in [4.78, 5) is 29.1. The highest BCUT2D eigenvalue weighted by molar-refractivity contribution is 6.04. The third-order valence-electron chi connectivity index (χ3n) is 5.03. The lowest BCUT2D eigenvalue weighted by atomic mass is 10.0. The average molecular weight is 437 g/mol. The van der Waals surface area contributed by atoms with Gasteiger partial charge in [-0.2, -0.15) is 0 Å². The maximum absolute atomic E-state index is 13.7. The van der Waals surface area contributed by atoms with Crippen molar-refractivity contribution in [2.24, 2.45) is 0 Å². The van der Waals surface area contributed by atoms with Gasteiger partial charge < -0.3 is 10.6 Å². The van der Waals surface area contributed by atoms with Crippen molar-refractivity contribution in [3.05, 3.63) is 83.2 Å². The number of amides is 1. The highest BCUT2D eigenvalue weighted by Gasteiger charge is 2.16. The van der Waals surface area contributed by atoms with Gasteiger partial charge in [0.15, 0.2) is 5.78 Å². The summed E-state index contributed by atoms with van der Waals surface area (Å²) in [6.45, 7) is 3.73. The number of hydrogen-bond acceptors (Lipinski definition) is 4. The molecule has 1 heterocycles. The molecule has 0 fully saturated rings. The van der Waals surface area contributed by atoms with Crippen molar-refractivity contribution < 1.29 is 18.4 Å². The summed E-state index contributed by atoms with van der Waals surface area (Å²) in [7, 11) is 0. The maximum atomic E-state index is 13.7. The highest BCUT2D eigenvalue weighted by atomic mass is 19.1. The summed E-state index contributed by atoms with van der Waals surface area (Å²) < 4.78 is 26.7. The summed E-state index contributed by atoms with van der Waals surface area (Å²) in [5.41, 5.74) is 3.66. The average Bonchev–Trinajstić information content (AvgIpc) is 2.80. The molecule has 0 bridgehead atoms. The van der Waals surface area contributed by atoms with Crippen LogP contribution in [0.25, 0.3) is 11.1 Å². The first-order chi connectivity index (χ1) is 15.4. The first-order valence-electron chi connectivity index (χ1n) is 10.5. The predicted octanol–water partition coefficient (Wildman–Crippen LogP) is 4.91. The fourth-order valence-electron chi connectivity index (χ4n) is 3.25. The standard InChI is InChI=1S/C25H25F2N3O2/c1-3-16-6-5-7-17(10-16)19-11-22(25(29-14-19)23(31)4-2)30-24(32)15-28-13-18-8-9-20(26)12-21(18)27/h5-12,14,28H,3-4,13,15H2,1-2H3,(H,30,32). The number of carbonyl (C=O) groups excluding carboxylic acids is 2. The summed E-state index contributed by atoms with van der Waals surface area (Å²) in [5, 5.41) is 5.56. The number of benzene rings is 2. The van der Waals surface area contributed by atoms with Crippen molar-refractivity contribution in [1.82, 2.24) is 10.3 Å². The van der Waals surface area contributed by atoms with Crippen molar-refractivity contribution in [1.29, 1.82) is 0 Å². The Balaban J connectivity index is 1.75. The second kappa shape index (κ2) is 10.7. The van der Waals surface area contributed by atoms with Crippen LogP contribution in [0, 0.1) is 11.6 Å². The van der Waals surface area contributed by atoms with Crippen molar-refractivity contribution in [2.75, 3.05) is 11.9 Å². The van der Waals surface area contributed by atoms with Gasteiger partial charge in [-0.1, -0.05) is 44.2 Å². The molecule has 0 aliphatic carbocycles. The number of hydrogen-bond donors (Lipinski definition) is 2. The number of nitrogens with zero attached hydrogens (tertiary/aromatic N) is 1. The van der Waals surface area contributed by atoms with E-state index in [4.69, 9.17) is 0 Å². The predicted molar refractivity (Wildman–Crippen MR) is 120 cm³/mol. The van der Waals surface area contributed by atoms with Gasteiger partial charge in [-0.05, 0) is 29.7 Å². The zero-order valence-electron chi connectivity index (χ0n) is 18.0. The molecule has 2 aromatic carbocycles. The number of nitrogens with one attached hydrogen (secondary N) is 2. The van der Waals surface area contributed by atoms with Gasteiger partial charge in [0.2, 0.25) is 5.91 Å². The molecule has 0 unspecified atom stereocenters. The largest absolute Gasteiger partial charge is 0.323 e. The van der Waals surface area contributed by atoms with E-state index >= 15 is 0 Å². The lowest BCUT2D eigenvalue weighted by molar-refractivity contribution is -0.115. The molecule has 5 nitrogen and oxygen atoms in total. The first kappa shape index (κ1) is 23.2. The van der Waals surface area contributed by atoms with Crippen LogP contribution in [0.1, 0.15) is 41.9 Å². The number of rotatable bonds is 9. The van der Waals surface area contributed by atoms with Gasteiger partial charge in [0.1, 0.15) is 17.3 Å². The molecule has 0 saturated heterocycles. The Bertz CT molecular complexity index is 1130. The van der Waals surface area contributed by atoms with E-state index < -0.39 is 17.5 Å². The van der Waals surface area contributed by atoms with Gasteiger partial charge in [0.05, 0.1) is 12.2 Å². The molecule has 3 rings (SSSR count). The number of carbonyl (C=O) groups is 2. The summed E-state index contributed by atoms with van der Waals surface area (Å²) in [6.07, 6.45) is 2.77. The minimum atomic E-state index is -0.681. The fraction of sp³-hybridized carbons (Fsp3) is 0.240. The normalized spacial score (nSPS) is 10.8. The van der Waals surface area contributed by atoms with Gasteiger partial charge >= 0.3 is 0 Å². The Morgan fingerprint density at radius 2 is 1.81 bits per heavy atom. The van der Waals surface area contributed by atoms with Crippen LogP contribution in [0.4, 0.5) is 14.5 Å². The molecule has 0 saturated carbocycles. The molecule has 2 N–H and O–H groups in total. The third kappa shape index (κ3) is 5.82. The van der Waals surface area contributed by atoms with Crippen LogP contribution in [-0.2, 0) is 17.8 Å². The second-order valence-electron chi connectivity index (χ2n) is 7.34. The summed E-state index contributed by atoms with van der Waals surface area (Å²) in [6, 6.07) is 13.0. The Morgan fingerprint density at radius 1 is 1.00 bits per heavy atom. The minimum Gasteiger partial charge on any atom is -0.323 e. The number of aromatic nitrogens is 1. The molecule has 166 valence electrons. The molecule has 1 amide bonds. The monoisotopic (exact) mass is 437 g/mol. The molecule has 1 aromatic heterocycles. The summed E-state index contributed by atoms with van der Waals surface area (Å²) in [5.74, 6) is -1.93. The molecule has 0 aliphatic rings. The lowest BCUT2D eigenvalue weighted by Crippen LogP contribution is -2.28. The van der Waals surface area contributed by atoms with Crippen molar-refractivity contribution in [2.45, 2.75) is 33.2 Å². The number of aryl methyl sites for hydroxylation is 1. The number of anilines is 1. The van der Waals surface area contributed by atoms with E-state index in [1.165, 1.54) is 11.6 Å². The van der Waals surface area contributed by atoms with E-state index in [0.29, 0.717) is 5.69 Å². The van der Waals surface area contributed by atoms with Gasteiger partial charge in [-0.25, -0.2) is 8.78 Å². The molecule has 0 atom stereocenters. The minimum absolute atomic E-state index is 0.0579. The van der Waals surface area contributed by atoms with Crippen LogP contribution in [0.15, 0.2) is 54.7 Å². The van der Waals surface area contributed by atoms with Crippen LogP contribution in [-0.4, -0.2) is 23.2 Å². The van der Waals surface area contributed by atoms with Crippen LogP contribution in [0.5, 0.6) is 0 Å². The van der Waals surface area contributed by atoms with Crippen LogP contribution in [0.2, 0.25) is 0 Å². The molecule has 3 aromatic rings. The Morgan fingerprint density at radius 3 is 2.53 bits per heavy atom. The molecule has 32 heavy (non-hydrogen) atoms. The van der Waals surface area contributed by atoms with Gasteiger partial charge in [0, 0.05) is 36.4 Å². The van der Waals surface area contributed by atoms with Crippen LogP contribution in [0.3, 0.4) is 0 Å². The Kier molecular flexibility index (Phi) is 7.78. The zero-order valence-corrected chi connectivity index (χ0v) is 18.0. The van der Waals surface area contributed by atoms with E-state index in [1.54, 1.807) is 19.2 Å². The fourth-order valence-corrected chi connectivity index (χ4v) is 3.25. The van der Waals surface area contributed by atoms with E-state index in [0.717, 1.165) is 29.7 Å². The van der Waals surface area contributed by atoms with Gasteiger partial charge in [0.25, 0.3) is 0 Å². The molecule has 0 radical (unpaired) electrons. The van der Waals surface area contributed by atoms with Crippen molar-refractivity contribution in [3.63, 3.8) is 0 Å². The maximum Gasteiger partial charge on any atom is 0.238 e. The van der Waals surface area contributed by atoms with Gasteiger partial charge in [-0.3, -0.25) is 14.6 Å². The smallest absolute Gasteiger partial charge is 0.238 e. The first-order valence-corrected chi connectivity index (χ1v) is 10.5. The van der Waals surface area contributed by atoms with Gasteiger partial charge in [-0.15, -0.1) is 0 Å². The van der Waals surface area contributed by atoms with E-state index in [2.05, 4.69) is 22.5 Å². The summed E-state index contributed by atoms with van der Waals surface area (Å²) >= 11 is 0. The number of halogens is 2. The second-order valence-corrected chi connectivity index (χ2v) is 7.34. The lowest BCUT2D eigenvalue weighted by Gasteiger charge is -2.13. The quantitative estimate of drug-likeness (QED) is 0.467. The van der Waals surface area contributed by atoms with E-state index in [1.807, 2.05) is 24.3 Å². The van der Waals surface area contributed by atoms with E-state index in [-0.39, 0.29) is 36.6 Å². The van der Waals surface area contributed by atoms with Crippen molar-refractivity contribution in [3.8, 4) is 11.1 Å². The molecule has 0 spiro atoms. The Hall–Kier alpha value is -3.45. The SMILES string of the molecule is CCC(=O)c1ncc(-c2cccc(CC)c2)cc1NC(=O)CNCc1ccc(F)cc1F. The van der Waals surface area contributed by atoms with Crippen LogP contribution >= 0.6 is 0 Å².